The number of methoxy groups -OCH3 is 2. The number of benzene rings is 3. The highest BCUT2D eigenvalue weighted by molar-refractivity contribution is 6.52. The smallest absolute Gasteiger partial charge is 0.300 e. The number of hydrogen-bond acceptors (Lipinski definition) is 5. The molecule has 1 N–H and O–H groups in total. The van der Waals surface area contributed by atoms with Gasteiger partial charge in [-0.3, -0.25) is 14.5 Å². The summed E-state index contributed by atoms with van der Waals surface area (Å²) in [6, 6.07) is 14.6. The molecule has 8 heteroatoms. The molecule has 3 aromatic rings. The lowest BCUT2D eigenvalue weighted by Crippen LogP contribution is -2.30. The van der Waals surface area contributed by atoms with E-state index in [1.165, 1.54) is 31.3 Å². The van der Waals surface area contributed by atoms with Gasteiger partial charge in [-0.25, -0.2) is 0 Å². The number of carbonyl (C=O) groups is 2. The van der Waals surface area contributed by atoms with Crippen LogP contribution in [0, 0.1) is 13.8 Å². The first-order valence-corrected chi connectivity index (χ1v) is 11.5. The van der Waals surface area contributed by atoms with Crippen LogP contribution in [0.15, 0.2) is 60.2 Å². The summed E-state index contributed by atoms with van der Waals surface area (Å²) in [4.78, 5) is 28.3. The van der Waals surface area contributed by atoms with Crippen LogP contribution in [0.5, 0.6) is 11.5 Å². The summed E-state index contributed by atoms with van der Waals surface area (Å²) in [6.45, 7) is 3.76. The number of hydrogen-bond donors (Lipinski definition) is 1. The predicted molar refractivity (Wildman–Crippen MR) is 137 cm³/mol. The molecule has 0 aliphatic carbocycles. The average molecular weight is 512 g/mol. The average Bonchev–Trinajstić information content (AvgIpc) is 3.10. The molecule has 0 spiro atoms. The molecule has 0 saturated carbocycles. The minimum absolute atomic E-state index is 0.108. The number of aryl methyl sites for hydroxylation is 2. The zero-order valence-corrected chi connectivity index (χ0v) is 21.1. The van der Waals surface area contributed by atoms with Crippen molar-refractivity contribution in [2.75, 3.05) is 19.1 Å². The summed E-state index contributed by atoms with van der Waals surface area (Å²) in [5.74, 6) is -1.37. The number of ketones is 1. The highest BCUT2D eigenvalue weighted by atomic mass is 35.5. The van der Waals surface area contributed by atoms with Gasteiger partial charge in [-0.2, -0.15) is 0 Å². The van der Waals surface area contributed by atoms with E-state index >= 15 is 0 Å². The Morgan fingerprint density at radius 2 is 1.71 bits per heavy atom. The Hall–Kier alpha value is -3.48. The van der Waals surface area contributed by atoms with Crippen LogP contribution in [0.4, 0.5) is 5.69 Å². The van der Waals surface area contributed by atoms with Crippen LogP contribution in [-0.4, -0.2) is 31.0 Å². The number of aliphatic hydroxyl groups excluding tert-OH is 1. The van der Waals surface area contributed by atoms with Crippen LogP contribution in [0.1, 0.15) is 28.3 Å². The molecule has 1 saturated heterocycles. The molecule has 1 amide bonds. The minimum Gasteiger partial charge on any atom is -0.507 e. The van der Waals surface area contributed by atoms with Crippen molar-refractivity contribution in [3.8, 4) is 11.5 Å². The van der Waals surface area contributed by atoms with Gasteiger partial charge in [0.05, 0.1) is 36.4 Å². The summed E-state index contributed by atoms with van der Waals surface area (Å²) in [6.07, 6.45) is 0. The maximum Gasteiger partial charge on any atom is 0.300 e. The third-order valence-corrected chi connectivity index (χ3v) is 6.44. The molecule has 4 rings (SSSR count). The Bertz CT molecular complexity index is 1380. The molecule has 1 atom stereocenters. The number of aliphatic hydroxyl groups is 1. The van der Waals surface area contributed by atoms with Crippen molar-refractivity contribution in [3.05, 3.63) is 92.5 Å². The number of rotatable bonds is 5. The van der Waals surface area contributed by atoms with E-state index in [1.54, 1.807) is 24.3 Å². The molecule has 35 heavy (non-hydrogen) atoms. The summed E-state index contributed by atoms with van der Waals surface area (Å²) >= 11 is 12.5. The third-order valence-electron chi connectivity index (χ3n) is 5.95. The van der Waals surface area contributed by atoms with Gasteiger partial charge in [0.25, 0.3) is 11.7 Å². The maximum absolute atomic E-state index is 13.5. The lowest BCUT2D eigenvalue weighted by atomic mass is 9.94. The van der Waals surface area contributed by atoms with Gasteiger partial charge < -0.3 is 14.6 Å². The first kappa shape index (κ1) is 24.6. The van der Waals surface area contributed by atoms with E-state index in [0.717, 1.165) is 11.1 Å². The lowest BCUT2D eigenvalue weighted by molar-refractivity contribution is -0.132. The summed E-state index contributed by atoms with van der Waals surface area (Å²) in [5.41, 5.74) is 2.86. The number of anilines is 1. The second kappa shape index (κ2) is 9.64. The molecule has 180 valence electrons. The Kier molecular flexibility index (Phi) is 6.79. The normalized spacial score (nSPS) is 17.1. The van der Waals surface area contributed by atoms with Gasteiger partial charge in [-0.05, 0) is 60.9 Å². The topological polar surface area (TPSA) is 76.1 Å². The van der Waals surface area contributed by atoms with Gasteiger partial charge in [0.1, 0.15) is 17.3 Å². The monoisotopic (exact) mass is 511 g/mol. The second-order valence-electron chi connectivity index (χ2n) is 8.20. The van der Waals surface area contributed by atoms with E-state index in [0.29, 0.717) is 17.0 Å². The molecule has 1 aliphatic rings. The predicted octanol–water partition coefficient (Wildman–Crippen LogP) is 6.25. The van der Waals surface area contributed by atoms with Crippen molar-refractivity contribution in [1.29, 1.82) is 0 Å². The van der Waals surface area contributed by atoms with Crippen LogP contribution < -0.4 is 14.4 Å². The highest BCUT2D eigenvalue weighted by Crippen LogP contribution is 2.46. The number of amides is 1. The van der Waals surface area contributed by atoms with Crippen LogP contribution >= 0.6 is 23.2 Å². The minimum atomic E-state index is -0.937. The molecular weight excluding hydrogens is 489 g/mol. The SMILES string of the molecule is COc1cccc(C2/C(=C(\O)c3cc(Cl)cc(Cl)c3OC)C(=O)C(=O)N2c2cc(C)ccc2C)c1. The van der Waals surface area contributed by atoms with E-state index in [1.807, 2.05) is 32.0 Å². The van der Waals surface area contributed by atoms with Crippen LogP contribution in [0.25, 0.3) is 5.76 Å². The molecule has 0 aromatic heterocycles. The van der Waals surface area contributed by atoms with E-state index in [-0.39, 0.29) is 26.9 Å². The fourth-order valence-corrected chi connectivity index (χ4v) is 4.85. The number of carbonyl (C=O) groups excluding carboxylic acids is 2. The number of halogens is 2. The fraction of sp³-hybridized carbons (Fsp3) is 0.185. The van der Waals surface area contributed by atoms with Crippen LogP contribution in [-0.2, 0) is 9.59 Å². The van der Waals surface area contributed by atoms with E-state index in [4.69, 9.17) is 32.7 Å². The van der Waals surface area contributed by atoms with Gasteiger partial charge in [-0.1, -0.05) is 47.5 Å². The molecule has 3 aromatic carbocycles. The summed E-state index contributed by atoms with van der Waals surface area (Å²) in [5, 5.41) is 11.9. The van der Waals surface area contributed by atoms with Gasteiger partial charge in [0.15, 0.2) is 0 Å². The van der Waals surface area contributed by atoms with Crippen molar-refractivity contribution in [2.24, 2.45) is 0 Å². The Morgan fingerprint density at radius 3 is 2.40 bits per heavy atom. The lowest BCUT2D eigenvalue weighted by Gasteiger charge is -2.27. The number of Topliss-reactive ketones (excluding diaryl/α,β-unsaturated/α-hetero) is 1. The molecule has 1 heterocycles. The van der Waals surface area contributed by atoms with E-state index in [2.05, 4.69) is 0 Å². The van der Waals surface area contributed by atoms with E-state index < -0.39 is 23.5 Å². The first-order chi connectivity index (χ1) is 16.7. The first-order valence-electron chi connectivity index (χ1n) is 10.7. The molecule has 1 fully saturated rings. The molecule has 1 aliphatic heterocycles. The Labute approximate surface area is 213 Å². The Balaban J connectivity index is 2.05. The number of nitrogens with zero attached hydrogens (tertiary/aromatic N) is 1. The van der Waals surface area contributed by atoms with Gasteiger partial charge in [0.2, 0.25) is 0 Å². The molecule has 1 unspecified atom stereocenters. The standard InChI is InChI=1S/C27H23Cl2NO5/c1-14-8-9-15(2)21(10-14)30-23(16-6-5-7-18(11-16)34-3)22(25(32)27(30)33)24(31)19-12-17(28)13-20(29)26(19)35-4/h5-13,23,31H,1-4H3/b24-22+. The summed E-state index contributed by atoms with van der Waals surface area (Å²) < 4.78 is 10.8. The second-order valence-corrected chi connectivity index (χ2v) is 9.05. The quantitative estimate of drug-likeness (QED) is 0.248. The van der Waals surface area contributed by atoms with Gasteiger partial charge in [0, 0.05) is 10.7 Å². The maximum atomic E-state index is 13.5. The molecule has 0 bridgehead atoms. The zero-order chi connectivity index (χ0) is 25.4. The van der Waals surface area contributed by atoms with Gasteiger partial charge >= 0.3 is 0 Å². The van der Waals surface area contributed by atoms with Crippen LogP contribution in [0.2, 0.25) is 10.0 Å². The fourth-order valence-electron chi connectivity index (χ4n) is 4.28. The van der Waals surface area contributed by atoms with Crippen molar-refractivity contribution in [3.63, 3.8) is 0 Å². The van der Waals surface area contributed by atoms with Crippen molar-refractivity contribution in [2.45, 2.75) is 19.9 Å². The molecular formula is C27H23Cl2NO5. The number of ether oxygens (including phenoxy) is 2. The highest BCUT2D eigenvalue weighted by Gasteiger charge is 2.47. The largest absolute Gasteiger partial charge is 0.507 e. The molecule has 0 radical (unpaired) electrons. The molecule has 6 nitrogen and oxygen atoms in total. The Morgan fingerprint density at radius 1 is 0.971 bits per heavy atom. The summed E-state index contributed by atoms with van der Waals surface area (Å²) in [7, 11) is 2.92. The van der Waals surface area contributed by atoms with Gasteiger partial charge in [-0.15, -0.1) is 0 Å². The van der Waals surface area contributed by atoms with Crippen molar-refractivity contribution in [1.82, 2.24) is 0 Å². The third kappa shape index (κ3) is 4.35. The zero-order valence-electron chi connectivity index (χ0n) is 19.6. The van der Waals surface area contributed by atoms with Crippen molar-refractivity contribution >= 4 is 46.3 Å². The van der Waals surface area contributed by atoms with Crippen molar-refractivity contribution < 1.29 is 24.2 Å². The van der Waals surface area contributed by atoms with Crippen LogP contribution in [0.3, 0.4) is 0 Å². The van der Waals surface area contributed by atoms with E-state index in [9.17, 15) is 14.7 Å².